The predicted molar refractivity (Wildman–Crippen MR) is 115 cm³/mol. The van der Waals surface area contributed by atoms with Crippen LogP contribution in [-0.2, 0) is 6.54 Å². The van der Waals surface area contributed by atoms with Crippen LogP contribution >= 0.6 is 11.3 Å². The number of aryl methyl sites for hydroxylation is 1. The Morgan fingerprint density at radius 2 is 1.89 bits per heavy atom. The van der Waals surface area contributed by atoms with Gasteiger partial charge in [0.1, 0.15) is 5.82 Å². The molecule has 28 heavy (non-hydrogen) atoms. The summed E-state index contributed by atoms with van der Waals surface area (Å²) in [6.45, 7) is 7.78. The monoisotopic (exact) mass is 405 g/mol. The molecule has 4 rings (SSSR count). The average Bonchev–Trinajstić information content (AvgIpc) is 3.03. The highest BCUT2D eigenvalue weighted by atomic mass is 32.1. The van der Waals surface area contributed by atoms with E-state index in [1.54, 1.807) is 6.07 Å². The number of thiazole rings is 1. The minimum atomic E-state index is -0.276. The molecule has 0 radical (unpaired) electrons. The van der Waals surface area contributed by atoms with Crippen molar-refractivity contribution in [1.29, 1.82) is 0 Å². The van der Waals surface area contributed by atoms with Crippen LogP contribution in [0, 0.1) is 5.82 Å². The molecule has 0 N–H and O–H groups in total. The van der Waals surface area contributed by atoms with E-state index in [4.69, 9.17) is 0 Å². The third-order valence-corrected chi connectivity index (χ3v) is 7.64. The van der Waals surface area contributed by atoms with Crippen molar-refractivity contribution in [2.24, 2.45) is 0 Å². The number of hydrogen-bond acceptors (Lipinski definition) is 4. The molecule has 1 aromatic heterocycles. The Morgan fingerprint density at radius 1 is 1.14 bits per heavy atom. The van der Waals surface area contributed by atoms with Gasteiger partial charge < -0.3 is 0 Å². The largest absolute Gasteiger partial charge is 0.308 e. The molecule has 2 heterocycles. The van der Waals surface area contributed by atoms with E-state index in [9.17, 15) is 9.18 Å². The summed E-state index contributed by atoms with van der Waals surface area (Å²) in [4.78, 5) is 17.6. The van der Waals surface area contributed by atoms with E-state index in [0.29, 0.717) is 6.04 Å². The van der Waals surface area contributed by atoms with Crippen LogP contribution < -0.4 is 4.87 Å². The van der Waals surface area contributed by atoms with Crippen molar-refractivity contribution in [3.8, 4) is 0 Å². The maximum Gasteiger partial charge on any atom is 0.308 e. The first-order valence-electron chi connectivity index (χ1n) is 10.9. The van der Waals surface area contributed by atoms with Gasteiger partial charge in [0, 0.05) is 44.8 Å². The van der Waals surface area contributed by atoms with Crippen LogP contribution in [0.2, 0.25) is 0 Å². The lowest BCUT2D eigenvalue weighted by atomic mass is 9.93. The van der Waals surface area contributed by atoms with E-state index in [2.05, 4.69) is 16.7 Å². The Hall–Kier alpha value is -1.24. The Kier molecular flexibility index (Phi) is 6.48. The Balaban J connectivity index is 1.26. The van der Waals surface area contributed by atoms with Crippen LogP contribution in [0.5, 0.6) is 0 Å². The van der Waals surface area contributed by atoms with Gasteiger partial charge in [0.05, 0.1) is 10.2 Å². The van der Waals surface area contributed by atoms with E-state index < -0.39 is 0 Å². The minimum Gasteiger partial charge on any atom is -0.299 e. The molecule has 4 nitrogen and oxygen atoms in total. The normalized spacial score (nSPS) is 21.4. The van der Waals surface area contributed by atoms with E-state index in [-0.39, 0.29) is 10.7 Å². The highest BCUT2D eigenvalue weighted by Crippen LogP contribution is 2.24. The van der Waals surface area contributed by atoms with Gasteiger partial charge in [-0.1, -0.05) is 30.6 Å². The number of aromatic nitrogens is 1. The molecule has 0 amide bonds. The number of piperazine rings is 1. The molecule has 1 aliphatic carbocycles. The molecular weight excluding hydrogens is 373 g/mol. The maximum atomic E-state index is 13.4. The van der Waals surface area contributed by atoms with E-state index in [1.165, 1.54) is 57.3 Å². The van der Waals surface area contributed by atoms with Gasteiger partial charge in [-0.15, -0.1) is 0 Å². The van der Waals surface area contributed by atoms with Crippen molar-refractivity contribution in [3.05, 3.63) is 33.7 Å². The highest BCUT2D eigenvalue weighted by Gasteiger charge is 2.26. The third kappa shape index (κ3) is 4.50. The molecule has 2 fully saturated rings. The summed E-state index contributed by atoms with van der Waals surface area (Å²) in [5.74, 6) is -0.276. The smallest absolute Gasteiger partial charge is 0.299 e. The van der Waals surface area contributed by atoms with Crippen molar-refractivity contribution in [1.82, 2.24) is 14.4 Å². The molecule has 1 atom stereocenters. The second kappa shape index (κ2) is 9.06. The zero-order valence-electron chi connectivity index (χ0n) is 16.9. The first kappa shape index (κ1) is 20.0. The fraction of sp³-hybridized carbons (Fsp3) is 0.682. The maximum absolute atomic E-state index is 13.4. The molecule has 1 saturated carbocycles. The van der Waals surface area contributed by atoms with Gasteiger partial charge in [-0.25, -0.2) is 4.39 Å². The Morgan fingerprint density at radius 3 is 2.64 bits per heavy atom. The average molecular weight is 406 g/mol. The van der Waals surface area contributed by atoms with Gasteiger partial charge in [-0.3, -0.25) is 19.2 Å². The number of nitrogens with zero attached hydrogens (tertiary/aromatic N) is 3. The number of rotatable bonds is 6. The molecule has 2 aliphatic rings. The molecule has 1 aliphatic heterocycles. The summed E-state index contributed by atoms with van der Waals surface area (Å²) in [5, 5.41) is 0. The van der Waals surface area contributed by atoms with Gasteiger partial charge in [-0.05, 0) is 50.8 Å². The fourth-order valence-electron chi connectivity index (χ4n) is 4.97. The zero-order valence-corrected chi connectivity index (χ0v) is 17.7. The topological polar surface area (TPSA) is 28.5 Å². The molecule has 1 saturated heterocycles. The fourth-order valence-corrected chi connectivity index (χ4v) is 5.91. The van der Waals surface area contributed by atoms with Crippen LogP contribution in [0.3, 0.4) is 0 Å². The van der Waals surface area contributed by atoms with Gasteiger partial charge >= 0.3 is 4.87 Å². The molecule has 154 valence electrons. The van der Waals surface area contributed by atoms with E-state index in [0.717, 1.165) is 60.1 Å². The minimum absolute atomic E-state index is 0.0225. The summed E-state index contributed by atoms with van der Waals surface area (Å²) in [7, 11) is 0. The van der Waals surface area contributed by atoms with Gasteiger partial charge in [0.2, 0.25) is 0 Å². The predicted octanol–water partition coefficient (Wildman–Crippen LogP) is 4.32. The van der Waals surface area contributed by atoms with Crippen LogP contribution in [0.1, 0.15) is 51.9 Å². The van der Waals surface area contributed by atoms with Crippen LogP contribution in [0.25, 0.3) is 10.2 Å². The third-order valence-electron chi connectivity index (χ3n) is 6.70. The first-order chi connectivity index (χ1) is 13.6. The van der Waals surface area contributed by atoms with Gasteiger partial charge in [0.15, 0.2) is 0 Å². The van der Waals surface area contributed by atoms with Gasteiger partial charge in [-0.2, -0.15) is 0 Å². The summed E-state index contributed by atoms with van der Waals surface area (Å²) in [6.07, 6.45) is 9.09. The van der Waals surface area contributed by atoms with Gasteiger partial charge in [0.25, 0.3) is 0 Å². The SMILES string of the molecule is CC(CCCn1c(=O)sc2cc(F)ccc21)N1CCN(C2CCCCC2)CC1. The van der Waals surface area contributed by atoms with E-state index >= 15 is 0 Å². The van der Waals surface area contributed by atoms with Crippen molar-refractivity contribution < 1.29 is 4.39 Å². The number of fused-ring (bicyclic) bond motifs is 1. The van der Waals surface area contributed by atoms with Crippen molar-refractivity contribution in [3.63, 3.8) is 0 Å². The Bertz CT molecular complexity index is 834. The molecule has 2 aromatic rings. The number of benzene rings is 1. The van der Waals surface area contributed by atoms with Crippen molar-refractivity contribution >= 4 is 21.6 Å². The summed E-state index contributed by atoms with van der Waals surface area (Å²) in [6, 6.07) is 6.02. The second-order valence-corrected chi connectivity index (χ2v) is 9.48. The van der Waals surface area contributed by atoms with Crippen molar-refractivity contribution in [2.45, 2.75) is 70.5 Å². The molecule has 0 bridgehead atoms. The molecule has 1 aromatic carbocycles. The summed E-state index contributed by atoms with van der Waals surface area (Å²) < 4.78 is 15.9. The lowest BCUT2D eigenvalue weighted by Gasteiger charge is -2.42. The van der Waals surface area contributed by atoms with E-state index in [1.807, 2.05) is 4.57 Å². The lowest BCUT2D eigenvalue weighted by Crippen LogP contribution is -2.52. The summed E-state index contributed by atoms with van der Waals surface area (Å²) >= 11 is 1.14. The first-order valence-corrected chi connectivity index (χ1v) is 11.7. The summed E-state index contributed by atoms with van der Waals surface area (Å²) in [5.41, 5.74) is 0.866. The van der Waals surface area contributed by atoms with Crippen LogP contribution in [-0.4, -0.2) is 52.6 Å². The Labute approximate surface area is 170 Å². The second-order valence-electron chi connectivity index (χ2n) is 8.49. The number of hydrogen-bond donors (Lipinski definition) is 0. The standard InChI is InChI=1S/C22H32FN3OS/c1-17(24-12-14-25(15-13-24)19-7-3-2-4-8-19)6-5-11-26-20-10-9-18(23)16-21(20)28-22(26)27/h9-10,16-17,19H,2-8,11-15H2,1H3. The zero-order chi connectivity index (χ0) is 19.5. The lowest BCUT2D eigenvalue weighted by molar-refractivity contribution is 0.0578. The molecular formula is C22H32FN3OS. The molecule has 1 unspecified atom stereocenters. The molecule has 0 spiro atoms. The molecule has 6 heteroatoms. The number of halogens is 1. The van der Waals surface area contributed by atoms with Crippen LogP contribution in [0.15, 0.2) is 23.0 Å². The van der Waals surface area contributed by atoms with Crippen molar-refractivity contribution in [2.75, 3.05) is 26.2 Å². The quantitative estimate of drug-likeness (QED) is 0.717. The van der Waals surface area contributed by atoms with Crippen LogP contribution in [0.4, 0.5) is 4.39 Å². The highest BCUT2D eigenvalue weighted by molar-refractivity contribution is 7.16.